The second-order valence-electron chi connectivity index (χ2n) is 4.82. The zero-order valence-corrected chi connectivity index (χ0v) is 11.4. The van der Waals surface area contributed by atoms with E-state index in [1.165, 1.54) is 5.56 Å². The lowest BCUT2D eigenvalue weighted by Gasteiger charge is -2.41. The molecule has 1 fully saturated rings. The second kappa shape index (κ2) is 5.85. The summed E-state index contributed by atoms with van der Waals surface area (Å²) in [5.74, 6) is 0. The van der Waals surface area contributed by atoms with Crippen molar-refractivity contribution in [3.8, 4) is 0 Å². The van der Waals surface area contributed by atoms with Crippen molar-refractivity contribution >= 4 is 11.6 Å². The van der Waals surface area contributed by atoms with Gasteiger partial charge < -0.3 is 5.32 Å². The number of hydrogen-bond acceptors (Lipinski definition) is 2. The third-order valence-electron chi connectivity index (χ3n) is 3.60. The highest BCUT2D eigenvalue weighted by molar-refractivity contribution is 6.30. The Labute approximate surface area is 109 Å². The molecule has 3 heteroatoms. The molecular weight excluding hydrogens is 232 g/mol. The van der Waals surface area contributed by atoms with E-state index in [9.17, 15) is 0 Å². The number of rotatable bonds is 5. The Morgan fingerprint density at radius 3 is 2.47 bits per heavy atom. The Balaban J connectivity index is 1.94. The molecule has 0 aliphatic carbocycles. The molecule has 1 aliphatic rings. The van der Waals surface area contributed by atoms with Crippen LogP contribution in [0.5, 0.6) is 0 Å². The van der Waals surface area contributed by atoms with Gasteiger partial charge in [-0.15, -0.1) is 0 Å². The van der Waals surface area contributed by atoms with E-state index in [0.29, 0.717) is 6.04 Å². The summed E-state index contributed by atoms with van der Waals surface area (Å²) in [6, 6.07) is 9.53. The minimum absolute atomic E-state index is 0.591. The first kappa shape index (κ1) is 12.9. The van der Waals surface area contributed by atoms with Crippen LogP contribution >= 0.6 is 11.6 Å². The average molecular weight is 253 g/mol. The molecule has 1 aromatic rings. The van der Waals surface area contributed by atoms with Crippen molar-refractivity contribution in [1.82, 2.24) is 10.2 Å². The molecule has 0 amide bonds. The van der Waals surface area contributed by atoms with Gasteiger partial charge in [0, 0.05) is 30.2 Å². The van der Waals surface area contributed by atoms with E-state index in [1.54, 1.807) is 0 Å². The van der Waals surface area contributed by atoms with Gasteiger partial charge in [0.05, 0.1) is 0 Å². The van der Waals surface area contributed by atoms with Gasteiger partial charge in [-0.25, -0.2) is 0 Å². The highest BCUT2D eigenvalue weighted by atomic mass is 35.5. The van der Waals surface area contributed by atoms with Crippen LogP contribution in [0.4, 0.5) is 0 Å². The van der Waals surface area contributed by atoms with Gasteiger partial charge >= 0.3 is 0 Å². The molecule has 0 spiro atoms. The predicted octanol–water partition coefficient (Wildman–Crippen LogP) is 2.56. The molecule has 1 unspecified atom stereocenters. The van der Waals surface area contributed by atoms with Crippen molar-refractivity contribution in [2.24, 2.45) is 0 Å². The van der Waals surface area contributed by atoms with E-state index >= 15 is 0 Å². The van der Waals surface area contributed by atoms with Crippen LogP contribution in [0.25, 0.3) is 0 Å². The third kappa shape index (κ3) is 3.21. The van der Waals surface area contributed by atoms with Crippen molar-refractivity contribution in [2.75, 3.05) is 19.6 Å². The van der Waals surface area contributed by atoms with E-state index in [0.717, 1.165) is 37.1 Å². The number of hydrogen-bond donors (Lipinski definition) is 1. The van der Waals surface area contributed by atoms with Crippen LogP contribution in [0.2, 0.25) is 5.02 Å². The van der Waals surface area contributed by atoms with Crippen LogP contribution in [-0.2, 0) is 6.42 Å². The summed E-state index contributed by atoms with van der Waals surface area (Å²) < 4.78 is 0. The maximum absolute atomic E-state index is 5.90. The van der Waals surface area contributed by atoms with Crippen molar-refractivity contribution < 1.29 is 0 Å². The molecule has 17 heavy (non-hydrogen) atoms. The van der Waals surface area contributed by atoms with E-state index < -0.39 is 0 Å². The van der Waals surface area contributed by atoms with Gasteiger partial charge in [-0.2, -0.15) is 0 Å². The van der Waals surface area contributed by atoms with E-state index in [1.807, 2.05) is 12.1 Å². The Morgan fingerprint density at radius 2 is 2.00 bits per heavy atom. The first-order valence-electron chi connectivity index (χ1n) is 6.41. The van der Waals surface area contributed by atoms with E-state index in [4.69, 9.17) is 11.6 Å². The van der Waals surface area contributed by atoms with Crippen molar-refractivity contribution in [1.29, 1.82) is 0 Å². The zero-order valence-electron chi connectivity index (χ0n) is 10.6. The summed E-state index contributed by atoms with van der Waals surface area (Å²) in [6.45, 7) is 7.96. The topological polar surface area (TPSA) is 15.3 Å². The first-order chi connectivity index (χ1) is 8.20. The molecule has 94 valence electrons. The van der Waals surface area contributed by atoms with Crippen molar-refractivity contribution in [2.45, 2.75) is 32.4 Å². The molecule has 1 saturated heterocycles. The summed E-state index contributed by atoms with van der Waals surface area (Å²) >= 11 is 5.90. The van der Waals surface area contributed by atoms with E-state index in [2.05, 4.69) is 36.2 Å². The molecule has 0 bridgehead atoms. The number of halogens is 1. The highest BCUT2D eigenvalue weighted by Gasteiger charge is 2.26. The molecule has 0 aromatic heterocycles. The number of benzene rings is 1. The lowest BCUT2D eigenvalue weighted by atomic mass is 10.0. The third-order valence-corrected chi connectivity index (χ3v) is 3.86. The zero-order chi connectivity index (χ0) is 12.3. The van der Waals surface area contributed by atoms with Crippen LogP contribution in [0.1, 0.15) is 19.4 Å². The fourth-order valence-electron chi connectivity index (χ4n) is 2.52. The van der Waals surface area contributed by atoms with Crippen LogP contribution in [0.15, 0.2) is 24.3 Å². The number of likely N-dealkylation sites (N-methyl/N-ethyl adjacent to an activating group) is 1. The Morgan fingerprint density at radius 1 is 1.35 bits per heavy atom. The van der Waals surface area contributed by atoms with Crippen molar-refractivity contribution in [3.63, 3.8) is 0 Å². The summed E-state index contributed by atoms with van der Waals surface area (Å²) in [5.41, 5.74) is 1.37. The number of nitrogens with zero attached hydrogens (tertiary/aromatic N) is 1. The average Bonchev–Trinajstić information content (AvgIpc) is 2.26. The first-order valence-corrected chi connectivity index (χ1v) is 6.79. The molecule has 0 radical (unpaired) electrons. The predicted molar refractivity (Wildman–Crippen MR) is 73.7 cm³/mol. The minimum Gasteiger partial charge on any atom is -0.314 e. The SMILES string of the molecule is CCN(C(C)Cc1ccc(Cl)cc1)C1CNC1. The largest absolute Gasteiger partial charge is 0.314 e. The van der Waals surface area contributed by atoms with Gasteiger partial charge in [-0.3, -0.25) is 4.90 Å². The van der Waals surface area contributed by atoms with Gasteiger partial charge in [0.1, 0.15) is 0 Å². The summed E-state index contributed by atoms with van der Waals surface area (Å²) in [7, 11) is 0. The molecule has 2 nitrogen and oxygen atoms in total. The lowest BCUT2D eigenvalue weighted by molar-refractivity contribution is 0.109. The monoisotopic (exact) mass is 252 g/mol. The van der Waals surface area contributed by atoms with E-state index in [-0.39, 0.29) is 0 Å². The Bertz CT molecular complexity index is 346. The van der Waals surface area contributed by atoms with Crippen LogP contribution < -0.4 is 5.32 Å². The molecule has 1 heterocycles. The quantitative estimate of drug-likeness (QED) is 0.867. The van der Waals surface area contributed by atoms with Gasteiger partial charge in [0.2, 0.25) is 0 Å². The van der Waals surface area contributed by atoms with Crippen LogP contribution in [-0.4, -0.2) is 36.6 Å². The minimum atomic E-state index is 0.591. The summed E-state index contributed by atoms with van der Waals surface area (Å²) in [4.78, 5) is 2.59. The molecule has 1 aliphatic heterocycles. The van der Waals surface area contributed by atoms with Gasteiger partial charge in [-0.1, -0.05) is 30.7 Å². The van der Waals surface area contributed by atoms with Crippen molar-refractivity contribution in [3.05, 3.63) is 34.9 Å². The lowest BCUT2D eigenvalue weighted by Crippen LogP contribution is -2.59. The molecule has 1 N–H and O–H groups in total. The summed E-state index contributed by atoms with van der Waals surface area (Å²) in [6.07, 6.45) is 1.10. The Kier molecular flexibility index (Phi) is 4.43. The number of nitrogens with one attached hydrogen (secondary N) is 1. The molecule has 0 saturated carbocycles. The highest BCUT2D eigenvalue weighted by Crippen LogP contribution is 2.16. The fraction of sp³-hybridized carbons (Fsp3) is 0.571. The normalized spacial score (nSPS) is 18.1. The molecule has 1 aromatic carbocycles. The van der Waals surface area contributed by atoms with Gasteiger partial charge in [0.25, 0.3) is 0 Å². The molecule has 1 atom stereocenters. The van der Waals surface area contributed by atoms with Gasteiger partial charge in [0.15, 0.2) is 0 Å². The van der Waals surface area contributed by atoms with Crippen LogP contribution in [0.3, 0.4) is 0 Å². The second-order valence-corrected chi connectivity index (χ2v) is 5.26. The maximum Gasteiger partial charge on any atom is 0.0406 e. The Hall–Kier alpha value is -0.570. The fourth-order valence-corrected chi connectivity index (χ4v) is 2.64. The smallest absolute Gasteiger partial charge is 0.0406 e. The molecular formula is C14H21ClN2. The van der Waals surface area contributed by atoms with Crippen LogP contribution in [0, 0.1) is 0 Å². The maximum atomic E-state index is 5.90. The molecule has 2 rings (SSSR count). The standard InChI is InChI=1S/C14H21ClN2/c1-3-17(14-9-16-10-14)11(2)8-12-4-6-13(15)7-5-12/h4-7,11,14,16H,3,8-10H2,1-2H3. The van der Waals surface area contributed by atoms with Gasteiger partial charge in [-0.05, 0) is 37.6 Å². The summed E-state index contributed by atoms with van der Waals surface area (Å²) in [5, 5.41) is 4.16.